The Bertz CT molecular complexity index is 278. The van der Waals surface area contributed by atoms with Gasteiger partial charge in [-0.2, -0.15) is 0 Å². The van der Waals surface area contributed by atoms with Crippen molar-refractivity contribution in [2.24, 2.45) is 0 Å². The van der Waals surface area contributed by atoms with Gasteiger partial charge in [0.15, 0.2) is 0 Å². The summed E-state index contributed by atoms with van der Waals surface area (Å²) in [5, 5.41) is 3.37. The van der Waals surface area contributed by atoms with Crippen LogP contribution in [-0.4, -0.2) is 23.6 Å². The summed E-state index contributed by atoms with van der Waals surface area (Å²) in [5.41, 5.74) is 0.507. The lowest BCUT2D eigenvalue weighted by atomic mass is 10.3. The zero-order valence-electron chi connectivity index (χ0n) is 6.20. The lowest BCUT2D eigenvalue weighted by molar-refractivity contribution is 0.779. The van der Waals surface area contributed by atoms with E-state index in [9.17, 15) is 4.79 Å². The Morgan fingerprint density at radius 2 is 2.27 bits per heavy atom. The third-order valence-electron chi connectivity index (χ3n) is 1.38. The van der Waals surface area contributed by atoms with Crippen LogP contribution in [0.3, 0.4) is 0 Å². The molecule has 0 radical (unpaired) electrons. The van der Waals surface area contributed by atoms with E-state index in [1.165, 1.54) is 0 Å². The van der Waals surface area contributed by atoms with E-state index in [1.807, 2.05) is 7.05 Å². The predicted octanol–water partition coefficient (Wildman–Crippen LogP) is 0.118. The Morgan fingerprint density at radius 3 is 2.73 bits per heavy atom. The summed E-state index contributed by atoms with van der Waals surface area (Å²) in [6, 6.07) is 0. The highest BCUT2D eigenvalue weighted by atomic mass is 35.5. The van der Waals surface area contributed by atoms with Crippen molar-refractivity contribution in [2.45, 2.75) is 6.42 Å². The molecule has 11 heavy (non-hydrogen) atoms. The molecule has 0 aliphatic carbocycles. The highest BCUT2D eigenvalue weighted by Crippen LogP contribution is 2.06. The summed E-state index contributed by atoms with van der Waals surface area (Å²) in [6.07, 6.45) is 0.730. The molecule has 0 aliphatic rings. The molecule has 1 heterocycles. The standard InChI is InChI=1S/C6H10ClN3O/c1-8-3-2-4-5(7)10-6(11)9-4/h8H,2-3H2,1H3,(H2,9,10,11). The van der Waals surface area contributed by atoms with Crippen LogP contribution in [0, 0.1) is 0 Å². The van der Waals surface area contributed by atoms with Crippen molar-refractivity contribution < 1.29 is 0 Å². The van der Waals surface area contributed by atoms with Crippen LogP contribution in [0.5, 0.6) is 0 Å². The largest absolute Gasteiger partial charge is 0.324 e. The number of hydrogen-bond acceptors (Lipinski definition) is 2. The monoisotopic (exact) mass is 175 g/mol. The molecule has 0 fully saturated rings. The molecule has 1 rings (SSSR count). The first-order valence-electron chi connectivity index (χ1n) is 3.35. The van der Waals surface area contributed by atoms with Gasteiger partial charge in [0.25, 0.3) is 0 Å². The van der Waals surface area contributed by atoms with E-state index in [1.54, 1.807) is 0 Å². The number of nitrogens with one attached hydrogen (secondary N) is 3. The molecule has 0 spiro atoms. The van der Waals surface area contributed by atoms with Gasteiger partial charge < -0.3 is 10.3 Å². The van der Waals surface area contributed by atoms with Gasteiger partial charge in [-0.05, 0) is 7.05 Å². The fourth-order valence-electron chi connectivity index (χ4n) is 0.821. The van der Waals surface area contributed by atoms with Crippen molar-refractivity contribution in [3.8, 4) is 0 Å². The smallest absolute Gasteiger partial charge is 0.319 e. The van der Waals surface area contributed by atoms with E-state index in [-0.39, 0.29) is 5.69 Å². The number of rotatable bonds is 3. The predicted molar refractivity (Wildman–Crippen MR) is 44.1 cm³/mol. The molecule has 0 saturated carbocycles. The lowest BCUT2D eigenvalue weighted by Crippen LogP contribution is -2.11. The topological polar surface area (TPSA) is 60.7 Å². The third-order valence-corrected chi connectivity index (χ3v) is 1.70. The molecule has 0 bridgehead atoms. The number of halogens is 1. The van der Waals surface area contributed by atoms with E-state index >= 15 is 0 Å². The molecular formula is C6H10ClN3O. The van der Waals surface area contributed by atoms with Crippen LogP contribution in [0.15, 0.2) is 4.79 Å². The summed E-state index contributed by atoms with van der Waals surface area (Å²) >= 11 is 5.67. The van der Waals surface area contributed by atoms with E-state index in [4.69, 9.17) is 11.6 Å². The number of likely N-dealkylation sites (N-methyl/N-ethyl adjacent to an activating group) is 1. The number of aromatic nitrogens is 2. The summed E-state index contributed by atoms with van der Waals surface area (Å²) in [7, 11) is 1.85. The summed E-state index contributed by atoms with van der Waals surface area (Å²) in [4.78, 5) is 15.7. The highest BCUT2D eigenvalue weighted by molar-refractivity contribution is 6.30. The molecule has 0 atom stereocenters. The van der Waals surface area contributed by atoms with Crippen molar-refractivity contribution in [2.75, 3.05) is 13.6 Å². The minimum atomic E-state index is -0.249. The normalized spacial score (nSPS) is 10.4. The van der Waals surface area contributed by atoms with Crippen molar-refractivity contribution in [1.29, 1.82) is 0 Å². The van der Waals surface area contributed by atoms with Crippen molar-refractivity contribution in [3.63, 3.8) is 0 Å². The maximum atomic E-state index is 10.7. The second kappa shape index (κ2) is 3.59. The average Bonchev–Trinajstić information content (AvgIpc) is 2.26. The maximum Gasteiger partial charge on any atom is 0.324 e. The molecule has 4 nitrogen and oxygen atoms in total. The minimum Gasteiger partial charge on any atom is -0.319 e. The first-order chi connectivity index (χ1) is 5.24. The fraction of sp³-hybridized carbons (Fsp3) is 0.500. The molecule has 62 valence electrons. The zero-order chi connectivity index (χ0) is 8.27. The van der Waals surface area contributed by atoms with Gasteiger partial charge in [-0.25, -0.2) is 4.79 Å². The van der Waals surface area contributed by atoms with Crippen molar-refractivity contribution in [3.05, 3.63) is 21.3 Å². The number of H-pyrrole nitrogens is 2. The van der Waals surface area contributed by atoms with E-state index in [0.717, 1.165) is 18.7 Å². The summed E-state index contributed by atoms with van der Waals surface area (Å²) in [5.74, 6) is 0. The first kappa shape index (κ1) is 8.36. The molecule has 1 aromatic rings. The molecule has 3 N–H and O–H groups in total. The van der Waals surface area contributed by atoms with Crippen LogP contribution in [0.4, 0.5) is 0 Å². The Hall–Kier alpha value is -0.740. The second-order valence-corrected chi connectivity index (χ2v) is 2.60. The number of aromatic amines is 2. The third kappa shape index (κ3) is 2.10. The van der Waals surface area contributed by atoms with Gasteiger partial charge in [0.2, 0.25) is 0 Å². The molecule has 0 aliphatic heterocycles. The van der Waals surface area contributed by atoms with Crippen LogP contribution in [0.25, 0.3) is 0 Å². The van der Waals surface area contributed by atoms with E-state index in [0.29, 0.717) is 5.15 Å². The van der Waals surface area contributed by atoms with Crippen LogP contribution in [0.1, 0.15) is 5.69 Å². The SMILES string of the molecule is CNCCc1[nH]c(=O)[nH]c1Cl. The number of imidazole rings is 1. The maximum absolute atomic E-state index is 10.7. The van der Waals surface area contributed by atoms with Gasteiger partial charge in [0.05, 0.1) is 5.69 Å². The van der Waals surface area contributed by atoms with Gasteiger partial charge in [0, 0.05) is 13.0 Å². The van der Waals surface area contributed by atoms with Crippen LogP contribution >= 0.6 is 11.6 Å². The van der Waals surface area contributed by atoms with E-state index < -0.39 is 0 Å². The van der Waals surface area contributed by atoms with Crippen LogP contribution in [-0.2, 0) is 6.42 Å². The first-order valence-corrected chi connectivity index (χ1v) is 3.73. The Morgan fingerprint density at radius 1 is 1.55 bits per heavy atom. The second-order valence-electron chi connectivity index (χ2n) is 2.23. The zero-order valence-corrected chi connectivity index (χ0v) is 6.96. The highest BCUT2D eigenvalue weighted by Gasteiger charge is 2.02. The van der Waals surface area contributed by atoms with Gasteiger partial charge in [-0.15, -0.1) is 0 Å². The summed E-state index contributed by atoms with van der Waals surface area (Å²) < 4.78 is 0. The molecule has 0 unspecified atom stereocenters. The molecule has 0 amide bonds. The van der Waals surface area contributed by atoms with Crippen LogP contribution < -0.4 is 11.0 Å². The van der Waals surface area contributed by atoms with Gasteiger partial charge in [-0.3, -0.25) is 4.98 Å². The fourth-order valence-corrected chi connectivity index (χ4v) is 1.05. The molecule has 1 aromatic heterocycles. The summed E-state index contributed by atoms with van der Waals surface area (Å²) in [6.45, 7) is 0.799. The van der Waals surface area contributed by atoms with Gasteiger partial charge in [-0.1, -0.05) is 11.6 Å². The Balaban J connectivity index is 2.69. The lowest BCUT2D eigenvalue weighted by Gasteiger charge is -1.95. The average molecular weight is 176 g/mol. The number of hydrogen-bond donors (Lipinski definition) is 3. The molecule has 0 saturated heterocycles. The quantitative estimate of drug-likeness (QED) is 0.611. The van der Waals surface area contributed by atoms with Gasteiger partial charge >= 0.3 is 5.69 Å². The van der Waals surface area contributed by atoms with E-state index in [2.05, 4.69) is 15.3 Å². The van der Waals surface area contributed by atoms with Crippen LogP contribution in [0.2, 0.25) is 5.15 Å². The molecule has 0 aromatic carbocycles. The molecule has 5 heteroatoms. The Kier molecular flexibility index (Phi) is 2.73. The van der Waals surface area contributed by atoms with Crippen molar-refractivity contribution in [1.82, 2.24) is 15.3 Å². The Labute approximate surface area is 69.0 Å². The molecular weight excluding hydrogens is 166 g/mol. The van der Waals surface area contributed by atoms with Crippen molar-refractivity contribution >= 4 is 11.6 Å². The minimum absolute atomic E-state index is 0.249. The van der Waals surface area contributed by atoms with Gasteiger partial charge in [0.1, 0.15) is 5.15 Å².